The van der Waals surface area contributed by atoms with Crippen LogP contribution in [0.2, 0.25) is 0 Å². The summed E-state index contributed by atoms with van der Waals surface area (Å²) in [7, 11) is -3.57. The van der Waals surface area contributed by atoms with Gasteiger partial charge in [0.05, 0.1) is 16.2 Å². The van der Waals surface area contributed by atoms with Crippen LogP contribution in [0.1, 0.15) is 21.6 Å². The Labute approximate surface area is 149 Å². The van der Waals surface area contributed by atoms with Gasteiger partial charge in [0.2, 0.25) is 0 Å². The lowest BCUT2D eigenvalue weighted by Crippen LogP contribution is -2.17. The Morgan fingerprint density at radius 1 is 1.19 bits per heavy atom. The van der Waals surface area contributed by atoms with E-state index in [9.17, 15) is 18.0 Å². The number of benzene rings is 1. The molecular formula is C18H16N2O5S. The lowest BCUT2D eigenvalue weighted by molar-refractivity contribution is 0.0463. The van der Waals surface area contributed by atoms with Crippen LogP contribution >= 0.6 is 0 Å². The Balaban J connectivity index is 1.86. The third-order valence-corrected chi connectivity index (χ3v) is 4.87. The van der Waals surface area contributed by atoms with E-state index >= 15 is 0 Å². The molecule has 134 valence electrons. The summed E-state index contributed by atoms with van der Waals surface area (Å²) in [4.78, 5) is 28.6. The van der Waals surface area contributed by atoms with Crippen LogP contribution in [0.4, 0.5) is 0 Å². The van der Waals surface area contributed by atoms with Crippen molar-refractivity contribution in [2.75, 3.05) is 6.26 Å². The Hall–Kier alpha value is -3.00. The second-order valence-corrected chi connectivity index (χ2v) is 7.85. The minimum Gasteiger partial charge on any atom is -0.456 e. The van der Waals surface area contributed by atoms with Gasteiger partial charge in [-0.15, -0.1) is 0 Å². The Morgan fingerprint density at radius 3 is 2.65 bits per heavy atom. The van der Waals surface area contributed by atoms with Crippen LogP contribution in [0, 0.1) is 6.92 Å². The fourth-order valence-corrected chi connectivity index (χ4v) is 3.38. The van der Waals surface area contributed by atoms with Gasteiger partial charge < -0.3 is 4.74 Å². The largest absolute Gasteiger partial charge is 0.456 e. The monoisotopic (exact) mass is 372 g/mol. The number of fused-ring (bicyclic) bond motifs is 1. The van der Waals surface area contributed by atoms with E-state index in [2.05, 4.69) is 4.98 Å². The molecule has 7 nitrogen and oxygen atoms in total. The molecule has 0 saturated carbocycles. The van der Waals surface area contributed by atoms with Gasteiger partial charge in [0.1, 0.15) is 12.3 Å². The van der Waals surface area contributed by atoms with Crippen molar-refractivity contribution in [3.63, 3.8) is 0 Å². The van der Waals surface area contributed by atoms with E-state index in [4.69, 9.17) is 4.74 Å². The molecule has 1 aromatic carbocycles. The van der Waals surface area contributed by atoms with Gasteiger partial charge in [-0.25, -0.2) is 18.2 Å². The lowest BCUT2D eigenvalue weighted by atomic mass is 10.2. The van der Waals surface area contributed by atoms with Crippen LogP contribution in [0.5, 0.6) is 0 Å². The standard InChI is InChI=1S/C18H16N2O5S/c1-12-7-8-16-19-13(9-17(21)20(16)10-12)11-25-18(22)14-5-3-4-6-15(14)26(2,23)24/h3-10H,11H2,1-2H3. The first-order valence-corrected chi connectivity index (χ1v) is 9.60. The maximum atomic E-state index is 12.3. The fraction of sp³-hybridized carbons (Fsp3) is 0.167. The number of hydrogen-bond acceptors (Lipinski definition) is 6. The number of hydrogen-bond donors (Lipinski definition) is 0. The van der Waals surface area contributed by atoms with Gasteiger partial charge in [0, 0.05) is 18.5 Å². The SMILES string of the molecule is Cc1ccc2nc(COC(=O)c3ccccc3S(C)(=O)=O)cc(=O)n2c1. The molecule has 0 unspecified atom stereocenters. The molecule has 2 heterocycles. The highest BCUT2D eigenvalue weighted by atomic mass is 32.2. The first kappa shape index (κ1) is 17.8. The molecule has 8 heteroatoms. The lowest BCUT2D eigenvalue weighted by Gasteiger charge is -2.09. The molecule has 0 aliphatic carbocycles. The van der Waals surface area contributed by atoms with Crippen molar-refractivity contribution in [3.05, 3.63) is 75.8 Å². The van der Waals surface area contributed by atoms with Crippen LogP contribution in [0.3, 0.4) is 0 Å². The average molecular weight is 372 g/mol. The molecular weight excluding hydrogens is 356 g/mol. The number of pyridine rings is 1. The Bertz CT molecular complexity index is 1170. The predicted molar refractivity (Wildman–Crippen MR) is 94.9 cm³/mol. The highest BCUT2D eigenvalue weighted by molar-refractivity contribution is 7.90. The van der Waals surface area contributed by atoms with Gasteiger partial charge in [-0.3, -0.25) is 9.20 Å². The molecule has 26 heavy (non-hydrogen) atoms. The third kappa shape index (κ3) is 3.65. The molecule has 0 atom stereocenters. The van der Waals surface area contributed by atoms with E-state index in [1.807, 2.05) is 13.0 Å². The molecule has 3 rings (SSSR count). The number of carbonyl (C=O) groups is 1. The van der Waals surface area contributed by atoms with Crippen molar-refractivity contribution in [1.82, 2.24) is 9.38 Å². The number of ether oxygens (including phenoxy) is 1. The summed E-state index contributed by atoms with van der Waals surface area (Å²) in [5.41, 5.74) is 1.29. The Morgan fingerprint density at radius 2 is 1.92 bits per heavy atom. The van der Waals surface area contributed by atoms with Gasteiger partial charge in [-0.1, -0.05) is 18.2 Å². The molecule has 0 spiro atoms. The van der Waals surface area contributed by atoms with Crippen molar-refractivity contribution < 1.29 is 17.9 Å². The smallest absolute Gasteiger partial charge is 0.339 e. The summed E-state index contributed by atoms with van der Waals surface area (Å²) in [5, 5.41) is 0. The molecule has 0 fully saturated rings. The van der Waals surface area contributed by atoms with E-state index in [1.54, 1.807) is 18.3 Å². The Kier molecular flexibility index (Phi) is 4.60. The zero-order chi connectivity index (χ0) is 18.9. The van der Waals surface area contributed by atoms with Crippen LogP contribution < -0.4 is 5.56 Å². The number of sulfone groups is 1. The molecule has 0 saturated heterocycles. The molecule has 2 aromatic heterocycles. The minimum atomic E-state index is -3.57. The van der Waals surface area contributed by atoms with Crippen molar-refractivity contribution in [2.24, 2.45) is 0 Å². The van der Waals surface area contributed by atoms with Crippen LogP contribution in [-0.4, -0.2) is 30.0 Å². The molecule has 0 N–H and O–H groups in total. The maximum absolute atomic E-state index is 12.3. The van der Waals surface area contributed by atoms with Crippen molar-refractivity contribution in [1.29, 1.82) is 0 Å². The van der Waals surface area contributed by atoms with Gasteiger partial charge >= 0.3 is 5.97 Å². The van der Waals surface area contributed by atoms with E-state index in [0.29, 0.717) is 5.65 Å². The number of aromatic nitrogens is 2. The van der Waals surface area contributed by atoms with Crippen molar-refractivity contribution >= 4 is 21.5 Å². The highest BCUT2D eigenvalue weighted by Crippen LogP contribution is 2.17. The van der Waals surface area contributed by atoms with Crippen molar-refractivity contribution in [2.45, 2.75) is 18.4 Å². The molecule has 0 aliphatic heterocycles. The highest BCUT2D eigenvalue weighted by Gasteiger charge is 2.19. The summed E-state index contributed by atoms with van der Waals surface area (Å²) in [5.74, 6) is -0.795. The fourth-order valence-electron chi connectivity index (χ4n) is 2.51. The molecule has 0 bridgehead atoms. The van der Waals surface area contributed by atoms with Gasteiger partial charge in [-0.2, -0.15) is 0 Å². The van der Waals surface area contributed by atoms with E-state index in [1.165, 1.54) is 28.7 Å². The summed E-state index contributed by atoms with van der Waals surface area (Å²) >= 11 is 0. The third-order valence-electron chi connectivity index (χ3n) is 3.72. The van der Waals surface area contributed by atoms with Crippen LogP contribution in [-0.2, 0) is 21.2 Å². The van der Waals surface area contributed by atoms with Crippen LogP contribution in [0.25, 0.3) is 5.65 Å². The van der Waals surface area contributed by atoms with E-state index < -0.39 is 15.8 Å². The first-order valence-electron chi connectivity index (χ1n) is 7.71. The number of nitrogens with zero attached hydrogens (tertiary/aromatic N) is 2. The van der Waals surface area contributed by atoms with Crippen LogP contribution in [0.15, 0.2) is 58.4 Å². The predicted octanol–water partition coefficient (Wildman–Crippen LogP) is 1.76. The number of aryl methyl sites for hydroxylation is 1. The summed E-state index contributed by atoms with van der Waals surface area (Å²) in [6, 6.07) is 10.6. The molecule has 0 radical (unpaired) electrons. The summed E-state index contributed by atoms with van der Waals surface area (Å²) in [6.45, 7) is 1.62. The summed E-state index contributed by atoms with van der Waals surface area (Å²) < 4.78 is 30.1. The normalized spacial score (nSPS) is 11.5. The second kappa shape index (κ2) is 6.72. The first-order chi connectivity index (χ1) is 12.3. The van der Waals surface area contributed by atoms with Crippen molar-refractivity contribution in [3.8, 4) is 0 Å². The number of carbonyl (C=O) groups excluding carboxylic acids is 1. The molecule has 3 aromatic rings. The minimum absolute atomic E-state index is 0.0527. The van der Waals surface area contributed by atoms with Gasteiger partial charge in [-0.05, 0) is 30.7 Å². The van der Waals surface area contributed by atoms with E-state index in [-0.39, 0.29) is 28.3 Å². The average Bonchev–Trinajstić information content (AvgIpc) is 2.59. The zero-order valence-electron chi connectivity index (χ0n) is 14.2. The van der Waals surface area contributed by atoms with Gasteiger partial charge in [0.15, 0.2) is 9.84 Å². The quantitative estimate of drug-likeness (QED) is 0.648. The number of rotatable bonds is 4. The zero-order valence-corrected chi connectivity index (χ0v) is 15.0. The molecule has 0 aliphatic rings. The van der Waals surface area contributed by atoms with E-state index in [0.717, 1.165) is 11.8 Å². The topological polar surface area (TPSA) is 94.8 Å². The summed E-state index contributed by atoms with van der Waals surface area (Å²) in [6.07, 6.45) is 2.69. The maximum Gasteiger partial charge on any atom is 0.339 e. The second-order valence-electron chi connectivity index (χ2n) is 5.86. The molecule has 0 amide bonds. The van der Waals surface area contributed by atoms with Gasteiger partial charge in [0.25, 0.3) is 5.56 Å². The number of esters is 1.